The van der Waals surface area contributed by atoms with Gasteiger partial charge < -0.3 is 9.67 Å². The Bertz CT molecular complexity index is 1060. The minimum atomic E-state index is -0.904. The number of rotatable bonds is 2. The molecule has 0 radical (unpaired) electrons. The summed E-state index contributed by atoms with van der Waals surface area (Å²) in [5.74, 6) is 0. The second-order valence-electron chi connectivity index (χ2n) is 6.95. The van der Waals surface area contributed by atoms with Crippen molar-refractivity contribution in [2.24, 2.45) is 0 Å². The van der Waals surface area contributed by atoms with Crippen molar-refractivity contribution in [3.05, 3.63) is 72.3 Å². The molecule has 0 aliphatic heterocycles. The van der Waals surface area contributed by atoms with Crippen LogP contribution in [0.1, 0.15) is 19.4 Å². The number of nitrogens with zero attached hydrogens (tertiary/aromatic N) is 1. The highest BCUT2D eigenvalue weighted by Crippen LogP contribution is 2.35. The lowest BCUT2D eigenvalue weighted by atomic mass is 9.94. The highest BCUT2D eigenvalue weighted by Gasteiger charge is 2.22. The normalized spacial score (nSPS) is 12.1. The van der Waals surface area contributed by atoms with Crippen molar-refractivity contribution < 1.29 is 5.11 Å². The zero-order valence-corrected chi connectivity index (χ0v) is 14.2. The molecule has 1 N–H and O–H groups in total. The smallest absolute Gasteiger partial charge is 0.139 e. The Hall–Kier alpha value is -2.52. The fourth-order valence-corrected chi connectivity index (χ4v) is 3.53. The molecule has 0 atom stereocenters. The maximum Gasteiger partial charge on any atom is 0.139 e. The molecule has 0 fully saturated rings. The summed E-state index contributed by atoms with van der Waals surface area (Å²) in [6, 6.07) is 23.1. The van der Waals surface area contributed by atoms with Crippen LogP contribution in [-0.4, -0.2) is 17.5 Å². The van der Waals surface area contributed by atoms with E-state index in [1.54, 1.807) is 0 Å². The van der Waals surface area contributed by atoms with Gasteiger partial charge in [0.25, 0.3) is 0 Å². The highest BCUT2D eigenvalue weighted by atomic mass is 16.3. The standard InChI is InChI=1S/C21H20BNO/c1-21(2,24)17-8-4-6-10-20(17)23-18-9-5-3-7-15(18)16-13-14(22)11-12-19(16)23/h3-13,24H,22H2,1-2H3. The summed E-state index contributed by atoms with van der Waals surface area (Å²) in [6.07, 6.45) is 0. The number of para-hydroxylation sites is 2. The predicted octanol–water partition coefficient (Wildman–Crippen LogP) is 3.27. The fourth-order valence-electron chi connectivity index (χ4n) is 3.53. The molecular weight excluding hydrogens is 293 g/mol. The van der Waals surface area contributed by atoms with E-state index in [-0.39, 0.29) is 0 Å². The molecule has 118 valence electrons. The van der Waals surface area contributed by atoms with Crippen molar-refractivity contribution in [1.82, 2.24) is 4.57 Å². The largest absolute Gasteiger partial charge is 0.386 e. The summed E-state index contributed by atoms with van der Waals surface area (Å²) in [5, 5.41) is 13.1. The van der Waals surface area contributed by atoms with Gasteiger partial charge in [-0.1, -0.05) is 54.0 Å². The summed E-state index contributed by atoms with van der Waals surface area (Å²) in [5.41, 5.74) is 4.63. The first kappa shape index (κ1) is 15.0. The lowest BCUT2D eigenvalue weighted by Crippen LogP contribution is -2.18. The Morgan fingerprint density at radius 3 is 2.29 bits per heavy atom. The van der Waals surface area contributed by atoms with E-state index in [0.29, 0.717) is 0 Å². The van der Waals surface area contributed by atoms with Crippen LogP contribution in [0, 0.1) is 0 Å². The average Bonchev–Trinajstić information content (AvgIpc) is 2.88. The number of fused-ring (bicyclic) bond motifs is 3. The van der Waals surface area contributed by atoms with E-state index in [2.05, 4.69) is 60.9 Å². The van der Waals surface area contributed by atoms with Crippen LogP contribution < -0.4 is 5.46 Å². The number of aromatic nitrogens is 1. The number of aliphatic hydroxyl groups is 1. The molecule has 0 unspecified atom stereocenters. The first-order chi connectivity index (χ1) is 11.5. The fraction of sp³-hybridized carbons (Fsp3) is 0.143. The summed E-state index contributed by atoms with van der Waals surface area (Å²) in [6.45, 7) is 3.67. The maximum absolute atomic E-state index is 10.6. The average molecular weight is 313 g/mol. The van der Waals surface area contributed by atoms with Gasteiger partial charge in [0.2, 0.25) is 0 Å². The van der Waals surface area contributed by atoms with Gasteiger partial charge in [-0.15, -0.1) is 0 Å². The van der Waals surface area contributed by atoms with Crippen LogP contribution in [0.4, 0.5) is 0 Å². The number of benzene rings is 3. The van der Waals surface area contributed by atoms with Crippen LogP contribution in [0.25, 0.3) is 27.5 Å². The van der Waals surface area contributed by atoms with Crippen LogP contribution in [0.2, 0.25) is 0 Å². The summed E-state index contributed by atoms with van der Waals surface area (Å²) in [7, 11) is 2.12. The van der Waals surface area contributed by atoms with Gasteiger partial charge in [-0.25, -0.2) is 0 Å². The molecule has 3 heteroatoms. The second-order valence-corrected chi connectivity index (χ2v) is 6.95. The molecule has 0 bridgehead atoms. The van der Waals surface area contributed by atoms with Crippen molar-refractivity contribution in [2.75, 3.05) is 0 Å². The molecule has 0 saturated heterocycles. The maximum atomic E-state index is 10.6. The van der Waals surface area contributed by atoms with Crippen molar-refractivity contribution in [3.8, 4) is 5.69 Å². The third-order valence-electron chi connectivity index (χ3n) is 4.63. The molecule has 3 aromatic carbocycles. The van der Waals surface area contributed by atoms with Crippen LogP contribution >= 0.6 is 0 Å². The lowest BCUT2D eigenvalue weighted by molar-refractivity contribution is 0.0786. The molecule has 0 saturated carbocycles. The number of hydrogen-bond acceptors (Lipinski definition) is 1. The molecule has 2 nitrogen and oxygen atoms in total. The van der Waals surface area contributed by atoms with Gasteiger partial charge in [0, 0.05) is 16.3 Å². The summed E-state index contributed by atoms with van der Waals surface area (Å²) in [4.78, 5) is 0. The van der Waals surface area contributed by atoms with E-state index in [1.165, 1.54) is 21.8 Å². The van der Waals surface area contributed by atoms with E-state index < -0.39 is 5.60 Å². The SMILES string of the molecule is Bc1ccc2c(c1)c1ccccc1n2-c1ccccc1C(C)(C)O. The van der Waals surface area contributed by atoms with Gasteiger partial charge in [0.05, 0.1) is 22.3 Å². The Morgan fingerprint density at radius 1 is 0.833 bits per heavy atom. The third kappa shape index (κ3) is 2.24. The van der Waals surface area contributed by atoms with Gasteiger partial charge in [-0.3, -0.25) is 0 Å². The minimum absolute atomic E-state index is 0.904. The van der Waals surface area contributed by atoms with Gasteiger partial charge in [0.15, 0.2) is 0 Å². The molecular formula is C21H20BNO. The third-order valence-corrected chi connectivity index (χ3v) is 4.63. The lowest BCUT2D eigenvalue weighted by Gasteiger charge is -2.23. The van der Waals surface area contributed by atoms with Crippen molar-refractivity contribution >= 4 is 35.1 Å². The minimum Gasteiger partial charge on any atom is -0.386 e. The van der Waals surface area contributed by atoms with Crippen LogP contribution in [0.15, 0.2) is 66.7 Å². The Morgan fingerprint density at radius 2 is 1.50 bits per heavy atom. The molecule has 0 spiro atoms. The van der Waals surface area contributed by atoms with Crippen molar-refractivity contribution in [3.63, 3.8) is 0 Å². The van der Waals surface area contributed by atoms with Crippen molar-refractivity contribution in [1.29, 1.82) is 0 Å². The zero-order chi connectivity index (χ0) is 16.9. The van der Waals surface area contributed by atoms with E-state index in [1.807, 2.05) is 32.0 Å². The zero-order valence-electron chi connectivity index (χ0n) is 14.2. The predicted molar refractivity (Wildman–Crippen MR) is 104 cm³/mol. The molecule has 1 aromatic heterocycles. The van der Waals surface area contributed by atoms with Crippen LogP contribution in [0.5, 0.6) is 0 Å². The van der Waals surface area contributed by atoms with Crippen molar-refractivity contribution in [2.45, 2.75) is 19.4 Å². The van der Waals surface area contributed by atoms with Gasteiger partial charge in [-0.2, -0.15) is 0 Å². The van der Waals surface area contributed by atoms with Gasteiger partial charge >= 0.3 is 0 Å². The van der Waals surface area contributed by atoms with Crippen LogP contribution in [0.3, 0.4) is 0 Å². The Labute approximate surface area is 142 Å². The Kier molecular flexibility index (Phi) is 3.29. The highest BCUT2D eigenvalue weighted by molar-refractivity contribution is 6.33. The molecule has 0 amide bonds. The first-order valence-corrected chi connectivity index (χ1v) is 8.29. The van der Waals surface area contributed by atoms with E-state index in [4.69, 9.17) is 0 Å². The molecule has 1 heterocycles. The second kappa shape index (κ2) is 5.25. The van der Waals surface area contributed by atoms with Gasteiger partial charge in [-0.05, 0) is 32.0 Å². The first-order valence-electron chi connectivity index (χ1n) is 8.29. The molecule has 0 aliphatic rings. The molecule has 24 heavy (non-hydrogen) atoms. The monoisotopic (exact) mass is 313 g/mol. The van der Waals surface area contributed by atoms with E-state index >= 15 is 0 Å². The summed E-state index contributed by atoms with van der Waals surface area (Å²) >= 11 is 0. The molecule has 0 aliphatic carbocycles. The summed E-state index contributed by atoms with van der Waals surface area (Å²) < 4.78 is 2.26. The topological polar surface area (TPSA) is 25.2 Å². The Balaban J connectivity index is 2.18. The quantitative estimate of drug-likeness (QED) is 0.565. The van der Waals surface area contributed by atoms with E-state index in [9.17, 15) is 5.11 Å². The van der Waals surface area contributed by atoms with Gasteiger partial charge in [0.1, 0.15) is 7.85 Å². The molecule has 4 aromatic rings. The molecule has 4 rings (SSSR count). The van der Waals surface area contributed by atoms with Crippen LogP contribution in [-0.2, 0) is 5.60 Å². The number of hydrogen-bond donors (Lipinski definition) is 1. The van der Waals surface area contributed by atoms with E-state index in [0.717, 1.165) is 16.8 Å².